The van der Waals surface area contributed by atoms with Gasteiger partial charge in [-0.15, -0.1) is 0 Å². The van der Waals surface area contributed by atoms with Crippen LogP contribution in [0.15, 0.2) is 47.2 Å². The third-order valence-electron chi connectivity index (χ3n) is 2.91. The Morgan fingerprint density at radius 3 is 2.58 bits per heavy atom. The molecule has 1 N–H and O–H groups in total. The van der Waals surface area contributed by atoms with E-state index in [1.165, 1.54) is 5.56 Å². The Balaban J connectivity index is 2.08. The zero-order valence-electron chi connectivity index (χ0n) is 10.9. The van der Waals surface area contributed by atoms with Gasteiger partial charge in [0.25, 0.3) is 5.91 Å². The number of halogens is 1. The first-order valence-corrected chi connectivity index (χ1v) is 6.84. The molecule has 0 spiro atoms. The molecule has 2 rings (SSSR count). The Labute approximate surface area is 121 Å². The minimum Gasteiger partial charge on any atom is -0.346 e. The summed E-state index contributed by atoms with van der Waals surface area (Å²) in [5.41, 5.74) is 2.90. The molecule has 2 aromatic rings. The lowest BCUT2D eigenvalue weighted by atomic mass is 10.1. The molecule has 0 saturated carbocycles. The van der Waals surface area contributed by atoms with E-state index in [2.05, 4.69) is 26.2 Å². The first-order valence-electron chi connectivity index (χ1n) is 6.05. The highest BCUT2D eigenvalue weighted by atomic mass is 79.9. The van der Waals surface area contributed by atoms with Gasteiger partial charge in [-0.05, 0) is 47.5 Å². The van der Waals surface area contributed by atoms with E-state index in [9.17, 15) is 4.79 Å². The van der Waals surface area contributed by atoms with Crippen molar-refractivity contribution in [1.82, 2.24) is 10.3 Å². The van der Waals surface area contributed by atoms with Crippen molar-refractivity contribution >= 4 is 21.8 Å². The summed E-state index contributed by atoms with van der Waals surface area (Å²) in [4.78, 5) is 16.1. The number of benzene rings is 1. The summed E-state index contributed by atoms with van der Waals surface area (Å²) in [5, 5.41) is 2.97. The van der Waals surface area contributed by atoms with Crippen LogP contribution >= 0.6 is 15.9 Å². The normalized spacial score (nSPS) is 11.9. The summed E-state index contributed by atoms with van der Waals surface area (Å²) in [6.45, 7) is 4.01. The van der Waals surface area contributed by atoms with Gasteiger partial charge in [0.1, 0.15) is 4.60 Å². The number of aromatic nitrogens is 1. The number of hydrogen-bond donors (Lipinski definition) is 1. The van der Waals surface area contributed by atoms with Gasteiger partial charge in [-0.2, -0.15) is 0 Å². The maximum absolute atomic E-state index is 12.1. The Morgan fingerprint density at radius 1 is 1.26 bits per heavy atom. The van der Waals surface area contributed by atoms with E-state index in [0.29, 0.717) is 10.2 Å². The zero-order chi connectivity index (χ0) is 13.8. The molecule has 0 radical (unpaired) electrons. The highest BCUT2D eigenvalue weighted by Gasteiger charge is 2.11. The summed E-state index contributed by atoms with van der Waals surface area (Å²) < 4.78 is 0.656. The fourth-order valence-corrected chi connectivity index (χ4v) is 2.13. The lowest BCUT2D eigenvalue weighted by molar-refractivity contribution is 0.0939. The second-order valence-corrected chi connectivity index (χ2v) is 5.29. The third kappa shape index (κ3) is 3.64. The largest absolute Gasteiger partial charge is 0.346 e. The van der Waals surface area contributed by atoms with Crippen molar-refractivity contribution in [2.45, 2.75) is 19.9 Å². The van der Waals surface area contributed by atoms with Crippen LogP contribution in [-0.2, 0) is 0 Å². The molecular weight excluding hydrogens is 304 g/mol. The molecule has 1 atom stereocenters. The molecule has 0 bridgehead atoms. The van der Waals surface area contributed by atoms with Crippen LogP contribution in [0.3, 0.4) is 0 Å². The molecular formula is C15H15BrN2O. The molecule has 0 aliphatic heterocycles. The van der Waals surface area contributed by atoms with Gasteiger partial charge in [0.05, 0.1) is 6.04 Å². The summed E-state index contributed by atoms with van der Waals surface area (Å²) >= 11 is 3.26. The molecule has 0 saturated heterocycles. The smallest absolute Gasteiger partial charge is 0.251 e. The van der Waals surface area contributed by atoms with Gasteiger partial charge in [0, 0.05) is 11.8 Å². The number of nitrogens with one attached hydrogen (secondary N) is 1. The zero-order valence-corrected chi connectivity index (χ0v) is 12.4. The molecule has 4 heteroatoms. The number of aryl methyl sites for hydroxylation is 1. The SMILES string of the molecule is Cc1ccc(C(C)NC(=O)c2ccnc(Br)c2)cc1. The molecule has 1 aromatic heterocycles. The molecule has 1 heterocycles. The van der Waals surface area contributed by atoms with Crippen molar-refractivity contribution in [1.29, 1.82) is 0 Å². The van der Waals surface area contributed by atoms with E-state index in [1.54, 1.807) is 18.3 Å². The highest BCUT2D eigenvalue weighted by Crippen LogP contribution is 2.14. The Bertz CT molecular complexity index is 581. The van der Waals surface area contributed by atoms with E-state index in [1.807, 2.05) is 38.1 Å². The minimum absolute atomic E-state index is 0.0277. The number of carbonyl (C=O) groups is 1. The predicted octanol–water partition coefficient (Wildman–Crippen LogP) is 3.64. The van der Waals surface area contributed by atoms with Crippen molar-refractivity contribution < 1.29 is 4.79 Å². The van der Waals surface area contributed by atoms with Gasteiger partial charge < -0.3 is 5.32 Å². The van der Waals surface area contributed by atoms with E-state index >= 15 is 0 Å². The summed E-state index contributed by atoms with van der Waals surface area (Å²) in [6.07, 6.45) is 1.61. The maximum Gasteiger partial charge on any atom is 0.251 e. The topological polar surface area (TPSA) is 42.0 Å². The Hall–Kier alpha value is -1.68. The van der Waals surface area contributed by atoms with Gasteiger partial charge >= 0.3 is 0 Å². The lowest BCUT2D eigenvalue weighted by Crippen LogP contribution is -2.26. The standard InChI is InChI=1S/C15H15BrN2O/c1-10-3-5-12(6-4-10)11(2)18-15(19)13-7-8-17-14(16)9-13/h3-9,11H,1-2H3,(H,18,19). The first-order chi connectivity index (χ1) is 9.06. The van der Waals surface area contributed by atoms with Crippen LogP contribution in [-0.4, -0.2) is 10.9 Å². The van der Waals surface area contributed by atoms with Crippen LogP contribution in [0, 0.1) is 6.92 Å². The van der Waals surface area contributed by atoms with Gasteiger partial charge in [0.15, 0.2) is 0 Å². The third-order valence-corrected chi connectivity index (χ3v) is 3.35. The first kappa shape index (κ1) is 13.7. The monoisotopic (exact) mass is 318 g/mol. The molecule has 1 amide bonds. The average Bonchev–Trinajstić information content (AvgIpc) is 2.39. The summed E-state index contributed by atoms with van der Waals surface area (Å²) in [7, 11) is 0. The van der Waals surface area contributed by atoms with E-state index in [0.717, 1.165) is 5.56 Å². The van der Waals surface area contributed by atoms with E-state index in [-0.39, 0.29) is 11.9 Å². The molecule has 19 heavy (non-hydrogen) atoms. The molecule has 1 aromatic carbocycles. The second kappa shape index (κ2) is 5.97. The molecule has 0 fully saturated rings. The predicted molar refractivity (Wildman–Crippen MR) is 79.0 cm³/mol. The van der Waals surface area contributed by atoms with Crippen molar-refractivity contribution in [3.63, 3.8) is 0 Å². The van der Waals surface area contributed by atoms with Gasteiger partial charge in [-0.1, -0.05) is 29.8 Å². The second-order valence-electron chi connectivity index (χ2n) is 4.47. The molecule has 3 nitrogen and oxygen atoms in total. The van der Waals surface area contributed by atoms with Crippen LogP contribution in [0.2, 0.25) is 0 Å². The van der Waals surface area contributed by atoms with Crippen LogP contribution in [0.25, 0.3) is 0 Å². The van der Waals surface area contributed by atoms with Crippen LogP contribution < -0.4 is 5.32 Å². The average molecular weight is 319 g/mol. The van der Waals surface area contributed by atoms with Gasteiger partial charge in [0.2, 0.25) is 0 Å². The lowest BCUT2D eigenvalue weighted by Gasteiger charge is -2.14. The van der Waals surface area contributed by atoms with Crippen molar-refractivity contribution in [3.8, 4) is 0 Å². The number of rotatable bonds is 3. The number of amides is 1. The van der Waals surface area contributed by atoms with E-state index < -0.39 is 0 Å². The maximum atomic E-state index is 12.1. The Morgan fingerprint density at radius 2 is 1.95 bits per heavy atom. The quantitative estimate of drug-likeness (QED) is 0.878. The highest BCUT2D eigenvalue weighted by molar-refractivity contribution is 9.10. The summed E-state index contributed by atoms with van der Waals surface area (Å²) in [6, 6.07) is 11.5. The van der Waals surface area contributed by atoms with Gasteiger partial charge in [-0.25, -0.2) is 4.98 Å². The number of pyridine rings is 1. The Kier molecular flexibility index (Phi) is 4.32. The van der Waals surface area contributed by atoms with Crippen molar-refractivity contribution in [2.24, 2.45) is 0 Å². The molecule has 0 aliphatic rings. The molecule has 0 aliphatic carbocycles. The van der Waals surface area contributed by atoms with Gasteiger partial charge in [-0.3, -0.25) is 4.79 Å². The number of carbonyl (C=O) groups excluding carboxylic acids is 1. The van der Waals surface area contributed by atoms with Crippen LogP contribution in [0.1, 0.15) is 34.5 Å². The molecule has 1 unspecified atom stereocenters. The summed E-state index contributed by atoms with van der Waals surface area (Å²) in [5.74, 6) is -0.101. The van der Waals surface area contributed by atoms with Crippen molar-refractivity contribution in [2.75, 3.05) is 0 Å². The fourth-order valence-electron chi connectivity index (χ4n) is 1.76. The number of hydrogen-bond acceptors (Lipinski definition) is 2. The number of nitrogens with zero attached hydrogens (tertiary/aromatic N) is 1. The van der Waals surface area contributed by atoms with E-state index in [4.69, 9.17) is 0 Å². The fraction of sp³-hybridized carbons (Fsp3) is 0.200. The molecule has 98 valence electrons. The van der Waals surface area contributed by atoms with Crippen LogP contribution in [0.4, 0.5) is 0 Å². The van der Waals surface area contributed by atoms with Crippen molar-refractivity contribution in [3.05, 3.63) is 63.9 Å². The minimum atomic E-state index is -0.101. The van der Waals surface area contributed by atoms with Crippen LogP contribution in [0.5, 0.6) is 0 Å².